The highest BCUT2D eigenvalue weighted by molar-refractivity contribution is 6.42. The number of hydrogen-bond acceptors (Lipinski definition) is 3. The fraction of sp³-hybridized carbons (Fsp3) is 0.0526. The lowest BCUT2D eigenvalue weighted by atomic mass is 9.98. The molecule has 0 amide bonds. The quantitative estimate of drug-likeness (QED) is 0.662. The molecule has 1 aromatic heterocycles. The van der Waals surface area contributed by atoms with Crippen molar-refractivity contribution in [2.75, 3.05) is 5.73 Å². The van der Waals surface area contributed by atoms with Crippen LogP contribution in [0.25, 0.3) is 22.4 Å². The Morgan fingerprint density at radius 1 is 0.958 bits per heavy atom. The van der Waals surface area contributed by atoms with Gasteiger partial charge in [0.15, 0.2) is 0 Å². The molecule has 0 unspecified atom stereocenters. The molecule has 0 radical (unpaired) electrons. The molecular weight excluding hydrogens is 341 g/mol. The predicted octanol–water partition coefficient (Wildman–Crippen LogP) is 5.48. The van der Waals surface area contributed by atoms with Crippen LogP contribution in [0.2, 0.25) is 10.0 Å². The van der Waals surface area contributed by atoms with E-state index in [2.05, 4.69) is 11.1 Å². The van der Waals surface area contributed by atoms with E-state index in [9.17, 15) is 5.26 Å². The standard InChI is InChI=1S/C19H13Cl2N3/c1-11-2-4-12(5-3-11)14-9-18(24-19(23)15(14)10-22)13-6-7-16(20)17(21)8-13/h2-9H,1H3,(H2,23,24). The van der Waals surface area contributed by atoms with Gasteiger partial charge in [0, 0.05) is 11.1 Å². The average Bonchev–Trinajstić information content (AvgIpc) is 2.57. The van der Waals surface area contributed by atoms with Crippen LogP contribution in [0.1, 0.15) is 11.1 Å². The van der Waals surface area contributed by atoms with Crippen LogP contribution in [-0.4, -0.2) is 4.98 Å². The van der Waals surface area contributed by atoms with Gasteiger partial charge in [0.2, 0.25) is 0 Å². The molecule has 0 bridgehead atoms. The lowest BCUT2D eigenvalue weighted by molar-refractivity contribution is 1.31. The summed E-state index contributed by atoms with van der Waals surface area (Å²) < 4.78 is 0. The van der Waals surface area contributed by atoms with E-state index in [0.29, 0.717) is 21.3 Å². The highest BCUT2D eigenvalue weighted by Crippen LogP contribution is 2.33. The van der Waals surface area contributed by atoms with Crippen molar-refractivity contribution in [3.8, 4) is 28.5 Å². The second kappa shape index (κ2) is 6.52. The number of hydrogen-bond donors (Lipinski definition) is 1. The van der Waals surface area contributed by atoms with Crippen LogP contribution in [-0.2, 0) is 0 Å². The number of aromatic nitrogens is 1. The molecule has 0 fully saturated rings. The van der Waals surface area contributed by atoms with Gasteiger partial charge in [-0.3, -0.25) is 0 Å². The van der Waals surface area contributed by atoms with Crippen molar-refractivity contribution < 1.29 is 0 Å². The number of nitriles is 1. The zero-order chi connectivity index (χ0) is 17.3. The maximum absolute atomic E-state index is 9.45. The van der Waals surface area contributed by atoms with E-state index in [-0.39, 0.29) is 5.82 Å². The number of nitrogens with zero attached hydrogens (tertiary/aromatic N) is 2. The van der Waals surface area contributed by atoms with Crippen molar-refractivity contribution in [2.24, 2.45) is 0 Å². The van der Waals surface area contributed by atoms with Gasteiger partial charge >= 0.3 is 0 Å². The molecule has 0 atom stereocenters. The van der Waals surface area contributed by atoms with E-state index >= 15 is 0 Å². The van der Waals surface area contributed by atoms with Gasteiger partial charge in [-0.05, 0) is 30.7 Å². The first kappa shape index (κ1) is 16.3. The first-order valence-corrected chi connectivity index (χ1v) is 7.98. The van der Waals surface area contributed by atoms with Crippen LogP contribution in [0.5, 0.6) is 0 Å². The first-order chi connectivity index (χ1) is 11.5. The third-order valence-corrected chi connectivity index (χ3v) is 4.48. The highest BCUT2D eigenvalue weighted by Gasteiger charge is 2.14. The summed E-state index contributed by atoms with van der Waals surface area (Å²) in [7, 11) is 0. The molecule has 1 heterocycles. The number of rotatable bonds is 2. The Morgan fingerprint density at radius 3 is 2.25 bits per heavy atom. The van der Waals surface area contributed by atoms with Crippen LogP contribution in [0.15, 0.2) is 48.5 Å². The minimum Gasteiger partial charge on any atom is -0.383 e. The molecule has 24 heavy (non-hydrogen) atoms. The smallest absolute Gasteiger partial charge is 0.142 e. The van der Waals surface area contributed by atoms with Crippen LogP contribution in [0.4, 0.5) is 5.82 Å². The Hall–Kier alpha value is -2.54. The third-order valence-electron chi connectivity index (χ3n) is 3.74. The summed E-state index contributed by atoms with van der Waals surface area (Å²) in [5.41, 5.74) is 10.6. The van der Waals surface area contributed by atoms with Crippen molar-refractivity contribution >= 4 is 29.0 Å². The topological polar surface area (TPSA) is 62.7 Å². The number of benzene rings is 2. The van der Waals surface area contributed by atoms with E-state index < -0.39 is 0 Å². The molecular formula is C19H13Cl2N3. The predicted molar refractivity (Wildman–Crippen MR) is 99.0 cm³/mol. The van der Waals surface area contributed by atoms with Crippen LogP contribution in [0, 0.1) is 18.3 Å². The fourth-order valence-electron chi connectivity index (χ4n) is 2.45. The molecule has 5 heteroatoms. The molecule has 118 valence electrons. The first-order valence-electron chi connectivity index (χ1n) is 7.22. The number of nitrogens with two attached hydrogens (primary N) is 1. The lowest BCUT2D eigenvalue weighted by Crippen LogP contribution is -1.99. The number of nitrogen functional groups attached to an aromatic ring is 1. The Kier molecular flexibility index (Phi) is 4.44. The van der Waals surface area contributed by atoms with Gasteiger partial charge in [0.1, 0.15) is 17.5 Å². The van der Waals surface area contributed by atoms with Crippen LogP contribution in [0.3, 0.4) is 0 Å². The van der Waals surface area contributed by atoms with Gasteiger partial charge in [-0.15, -0.1) is 0 Å². The molecule has 0 aliphatic carbocycles. The molecule has 0 spiro atoms. The molecule has 0 aliphatic rings. The average molecular weight is 354 g/mol. The minimum absolute atomic E-state index is 0.191. The van der Waals surface area contributed by atoms with E-state index in [0.717, 1.165) is 22.3 Å². The molecule has 3 nitrogen and oxygen atoms in total. The Balaban J connectivity index is 2.21. The highest BCUT2D eigenvalue weighted by atomic mass is 35.5. The zero-order valence-electron chi connectivity index (χ0n) is 12.8. The van der Waals surface area contributed by atoms with E-state index in [4.69, 9.17) is 28.9 Å². The molecule has 0 saturated carbocycles. The fourth-order valence-corrected chi connectivity index (χ4v) is 2.74. The van der Waals surface area contributed by atoms with Crippen molar-refractivity contribution in [3.63, 3.8) is 0 Å². The molecule has 3 rings (SSSR count). The number of anilines is 1. The van der Waals surface area contributed by atoms with E-state index in [1.165, 1.54) is 0 Å². The summed E-state index contributed by atoms with van der Waals surface area (Å²) in [6, 6.07) is 17.2. The van der Waals surface area contributed by atoms with Crippen molar-refractivity contribution in [3.05, 3.63) is 69.7 Å². The molecule has 0 aliphatic heterocycles. The number of halogens is 2. The number of pyridine rings is 1. The zero-order valence-corrected chi connectivity index (χ0v) is 14.4. The van der Waals surface area contributed by atoms with Gasteiger partial charge in [0.25, 0.3) is 0 Å². The normalized spacial score (nSPS) is 10.4. The largest absolute Gasteiger partial charge is 0.383 e. The number of aryl methyl sites for hydroxylation is 1. The van der Waals surface area contributed by atoms with Gasteiger partial charge in [0.05, 0.1) is 15.7 Å². The minimum atomic E-state index is 0.191. The maximum atomic E-state index is 9.45. The lowest BCUT2D eigenvalue weighted by Gasteiger charge is -2.11. The van der Waals surface area contributed by atoms with Crippen molar-refractivity contribution in [1.82, 2.24) is 4.98 Å². The summed E-state index contributed by atoms with van der Waals surface area (Å²) in [6.45, 7) is 2.01. The maximum Gasteiger partial charge on any atom is 0.142 e. The van der Waals surface area contributed by atoms with Gasteiger partial charge in [-0.2, -0.15) is 5.26 Å². The van der Waals surface area contributed by atoms with Crippen LogP contribution >= 0.6 is 23.2 Å². The van der Waals surface area contributed by atoms with Gasteiger partial charge in [-0.1, -0.05) is 59.1 Å². The molecule has 0 saturated heterocycles. The summed E-state index contributed by atoms with van der Waals surface area (Å²) in [5, 5.41) is 10.4. The Labute approximate surface area is 150 Å². The summed E-state index contributed by atoms with van der Waals surface area (Å²) in [6.07, 6.45) is 0. The van der Waals surface area contributed by atoms with Crippen molar-refractivity contribution in [1.29, 1.82) is 5.26 Å². The Bertz CT molecular complexity index is 958. The Morgan fingerprint density at radius 2 is 1.62 bits per heavy atom. The molecule has 3 aromatic rings. The van der Waals surface area contributed by atoms with Gasteiger partial charge in [-0.25, -0.2) is 4.98 Å². The second-order valence-corrected chi connectivity index (χ2v) is 6.24. The van der Waals surface area contributed by atoms with Crippen LogP contribution < -0.4 is 5.73 Å². The second-order valence-electron chi connectivity index (χ2n) is 5.42. The van der Waals surface area contributed by atoms with E-state index in [1.807, 2.05) is 43.3 Å². The molecule has 2 aromatic carbocycles. The van der Waals surface area contributed by atoms with E-state index in [1.54, 1.807) is 12.1 Å². The summed E-state index contributed by atoms with van der Waals surface area (Å²) in [5.74, 6) is 0.191. The molecule has 2 N–H and O–H groups in total. The van der Waals surface area contributed by atoms with Crippen molar-refractivity contribution in [2.45, 2.75) is 6.92 Å². The summed E-state index contributed by atoms with van der Waals surface area (Å²) in [4.78, 5) is 4.34. The third kappa shape index (κ3) is 3.07. The summed E-state index contributed by atoms with van der Waals surface area (Å²) >= 11 is 12.1. The SMILES string of the molecule is Cc1ccc(-c2cc(-c3ccc(Cl)c(Cl)c3)nc(N)c2C#N)cc1. The monoisotopic (exact) mass is 353 g/mol. The van der Waals surface area contributed by atoms with Gasteiger partial charge < -0.3 is 5.73 Å².